The highest BCUT2D eigenvalue weighted by atomic mass is 19.1. The van der Waals surface area contributed by atoms with Gasteiger partial charge in [0.1, 0.15) is 30.3 Å². The SMILES string of the molecule is COC(=O)[C@H](COC(=O)C1CCCN1C(C)=O)NC(=O)[C@H](Cc1cc(F)cc(F)c1)NC(=O)/C=C/C1CCCC1. The number of rotatable bonds is 11. The number of hydrogen-bond donors (Lipinski definition) is 2. The highest BCUT2D eigenvalue weighted by Gasteiger charge is 2.35. The second kappa shape index (κ2) is 14.5. The molecule has 1 aromatic carbocycles. The Bertz CT molecular complexity index is 1120. The summed E-state index contributed by atoms with van der Waals surface area (Å²) in [7, 11) is 1.08. The van der Waals surface area contributed by atoms with E-state index in [0.717, 1.165) is 44.9 Å². The van der Waals surface area contributed by atoms with E-state index in [1.54, 1.807) is 6.08 Å². The molecule has 3 atom stereocenters. The van der Waals surface area contributed by atoms with Crippen LogP contribution in [0.15, 0.2) is 30.4 Å². The van der Waals surface area contributed by atoms with Gasteiger partial charge in [0.05, 0.1) is 7.11 Å². The van der Waals surface area contributed by atoms with Gasteiger partial charge in [-0.2, -0.15) is 0 Å². The molecule has 1 heterocycles. The summed E-state index contributed by atoms with van der Waals surface area (Å²) in [4.78, 5) is 64.1. The van der Waals surface area contributed by atoms with Crippen LogP contribution in [-0.4, -0.2) is 72.9 Å². The fraction of sp³-hybridized carbons (Fsp3) is 0.536. The zero-order valence-corrected chi connectivity index (χ0v) is 22.6. The van der Waals surface area contributed by atoms with Crippen molar-refractivity contribution in [3.63, 3.8) is 0 Å². The summed E-state index contributed by atoms with van der Waals surface area (Å²) >= 11 is 0. The van der Waals surface area contributed by atoms with Gasteiger partial charge >= 0.3 is 11.9 Å². The van der Waals surface area contributed by atoms with Crippen molar-refractivity contribution < 1.29 is 42.2 Å². The maximum Gasteiger partial charge on any atom is 0.331 e. The molecular weight excluding hydrogens is 528 g/mol. The Morgan fingerprint density at radius 1 is 1.00 bits per heavy atom. The Hall–Kier alpha value is -3.83. The van der Waals surface area contributed by atoms with E-state index in [0.29, 0.717) is 25.5 Å². The van der Waals surface area contributed by atoms with Gasteiger partial charge in [0, 0.05) is 26.0 Å². The van der Waals surface area contributed by atoms with Gasteiger partial charge in [0.25, 0.3) is 0 Å². The molecule has 0 aromatic heterocycles. The normalized spacial score (nSPS) is 18.8. The predicted molar refractivity (Wildman–Crippen MR) is 138 cm³/mol. The van der Waals surface area contributed by atoms with E-state index in [2.05, 4.69) is 10.6 Å². The number of amides is 3. The van der Waals surface area contributed by atoms with Crippen molar-refractivity contribution in [2.45, 2.75) is 70.0 Å². The molecule has 12 heteroatoms. The van der Waals surface area contributed by atoms with Gasteiger partial charge < -0.3 is 25.0 Å². The summed E-state index contributed by atoms with van der Waals surface area (Å²) in [6, 6.07) is -0.814. The van der Waals surface area contributed by atoms with Crippen LogP contribution in [0.2, 0.25) is 0 Å². The third-order valence-electron chi connectivity index (χ3n) is 7.04. The summed E-state index contributed by atoms with van der Waals surface area (Å²) in [5, 5.41) is 4.93. The van der Waals surface area contributed by atoms with Crippen molar-refractivity contribution in [1.29, 1.82) is 0 Å². The molecule has 2 N–H and O–H groups in total. The molecule has 1 saturated heterocycles. The average molecular weight is 564 g/mol. The zero-order chi connectivity index (χ0) is 29.2. The van der Waals surface area contributed by atoms with Gasteiger partial charge in [0.15, 0.2) is 6.04 Å². The monoisotopic (exact) mass is 563 g/mol. The molecule has 1 unspecified atom stereocenters. The number of halogens is 2. The first-order valence-corrected chi connectivity index (χ1v) is 13.3. The molecule has 3 rings (SSSR count). The van der Waals surface area contributed by atoms with Crippen LogP contribution >= 0.6 is 0 Å². The lowest BCUT2D eigenvalue weighted by molar-refractivity contribution is -0.157. The molecule has 2 fully saturated rings. The predicted octanol–water partition coefficient (Wildman–Crippen LogP) is 1.95. The number of nitrogens with zero attached hydrogens (tertiary/aromatic N) is 1. The number of benzene rings is 1. The van der Waals surface area contributed by atoms with Crippen molar-refractivity contribution in [3.8, 4) is 0 Å². The maximum absolute atomic E-state index is 13.8. The molecule has 0 spiro atoms. The van der Waals surface area contributed by atoms with Gasteiger partial charge in [-0.05, 0) is 55.4 Å². The van der Waals surface area contributed by atoms with Crippen molar-refractivity contribution in [2.24, 2.45) is 5.92 Å². The number of allylic oxidation sites excluding steroid dienone is 1. The molecule has 1 aliphatic heterocycles. The lowest BCUT2D eigenvalue weighted by atomic mass is 10.0. The van der Waals surface area contributed by atoms with Crippen LogP contribution in [0.1, 0.15) is 51.0 Å². The molecule has 218 valence electrons. The Balaban J connectivity index is 1.71. The molecule has 10 nitrogen and oxygen atoms in total. The summed E-state index contributed by atoms with van der Waals surface area (Å²) in [6.45, 7) is 1.16. The second-order valence-corrected chi connectivity index (χ2v) is 10.0. The third kappa shape index (κ3) is 8.85. The number of carbonyl (C=O) groups is 5. The molecular formula is C28H35F2N3O7. The molecule has 1 aliphatic carbocycles. The van der Waals surface area contributed by atoms with Crippen molar-refractivity contribution in [3.05, 3.63) is 47.5 Å². The van der Waals surface area contributed by atoms with Crippen LogP contribution in [0.25, 0.3) is 0 Å². The van der Waals surface area contributed by atoms with Crippen LogP contribution in [0.5, 0.6) is 0 Å². The maximum atomic E-state index is 13.8. The van der Waals surface area contributed by atoms with Crippen LogP contribution in [0.3, 0.4) is 0 Å². The van der Waals surface area contributed by atoms with E-state index < -0.39 is 60.1 Å². The lowest BCUT2D eigenvalue weighted by Crippen LogP contribution is -2.54. The van der Waals surface area contributed by atoms with E-state index in [9.17, 15) is 32.8 Å². The van der Waals surface area contributed by atoms with Crippen LogP contribution in [-0.2, 0) is 39.9 Å². The van der Waals surface area contributed by atoms with Crippen LogP contribution < -0.4 is 10.6 Å². The third-order valence-corrected chi connectivity index (χ3v) is 7.04. The fourth-order valence-electron chi connectivity index (χ4n) is 5.00. The largest absolute Gasteiger partial charge is 0.467 e. The van der Waals surface area contributed by atoms with E-state index in [4.69, 9.17) is 9.47 Å². The zero-order valence-electron chi connectivity index (χ0n) is 22.6. The number of nitrogens with one attached hydrogen (secondary N) is 2. The molecule has 1 saturated carbocycles. The molecule has 40 heavy (non-hydrogen) atoms. The minimum absolute atomic E-state index is 0.101. The van der Waals surface area contributed by atoms with E-state index in [1.807, 2.05) is 0 Å². The number of ether oxygens (including phenoxy) is 2. The summed E-state index contributed by atoms with van der Waals surface area (Å²) < 4.78 is 37.6. The Labute approximate surface area is 231 Å². The lowest BCUT2D eigenvalue weighted by Gasteiger charge is -2.24. The van der Waals surface area contributed by atoms with Gasteiger partial charge in [0.2, 0.25) is 17.7 Å². The topological polar surface area (TPSA) is 131 Å². The number of esters is 2. The van der Waals surface area contributed by atoms with Crippen molar-refractivity contribution in [2.75, 3.05) is 20.3 Å². The quantitative estimate of drug-likeness (QED) is 0.311. The molecule has 0 radical (unpaired) electrons. The Kier molecular flexibility index (Phi) is 11.2. The number of hydrogen-bond acceptors (Lipinski definition) is 7. The molecule has 2 aliphatic rings. The van der Waals surface area contributed by atoms with Gasteiger partial charge in [-0.25, -0.2) is 18.4 Å². The van der Waals surface area contributed by atoms with E-state index in [1.165, 1.54) is 17.9 Å². The fourth-order valence-corrected chi connectivity index (χ4v) is 5.00. The molecule has 0 bridgehead atoms. The first-order chi connectivity index (χ1) is 19.1. The minimum Gasteiger partial charge on any atom is -0.467 e. The van der Waals surface area contributed by atoms with Crippen LogP contribution in [0.4, 0.5) is 8.78 Å². The summed E-state index contributed by atoms with van der Waals surface area (Å²) in [6.07, 6.45) is 7.88. The van der Waals surface area contributed by atoms with Crippen molar-refractivity contribution in [1.82, 2.24) is 15.5 Å². The smallest absolute Gasteiger partial charge is 0.331 e. The Morgan fingerprint density at radius 2 is 1.68 bits per heavy atom. The summed E-state index contributed by atoms with van der Waals surface area (Å²) in [5.41, 5.74) is 0.101. The van der Waals surface area contributed by atoms with Crippen molar-refractivity contribution >= 4 is 29.7 Å². The first-order valence-electron chi connectivity index (χ1n) is 13.3. The van der Waals surface area contributed by atoms with Crippen LogP contribution in [0, 0.1) is 17.6 Å². The highest BCUT2D eigenvalue weighted by Crippen LogP contribution is 2.25. The number of methoxy groups -OCH3 is 1. The van der Waals surface area contributed by atoms with Gasteiger partial charge in [-0.1, -0.05) is 18.9 Å². The van der Waals surface area contributed by atoms with E-state index in [-0.39, 0.29) is 23.8 Å². The van der Waals surface area contributed by atoms with Gasteiger partial charge in [-0.15, -0.1) is 0 Å². The average Bonchev–Trinajstić information content (AvgIpc) is 3.61. The minimum atomic E-state index is -1.44. The second-order valence-electron chi connectivity index (χ2n) is 10.0. The first kappa shape index (κ1) is 30.7. The summed E-state index contributed by atoms with van der Waals surface area (Å²) in [5.74, 6) is -4.83. The number of carbonyl (C=O) groups excluding carboxylic acids is 5. The van der Waals surface area contributed by atoms with Gasteiger partial charge in [-0.3, -0.25) is 14.4 Å². The molecule has 1 aromatic rings. The Morgan fingerprint density at radius 3 is 2.30 bits per heavy atom. The number of likely N-dealkylation sites (tertiary alicyclic amines) is 1. The highest BCUT2D eigenvalue weighted by molar-refractivity contribution is 5.94. The molecule has 3 amide bonds. The standard InChI is InChI=1S/C28H35F2N3O7/c1-17(34)33-11-5-8-24(33)28(38)40-16-23(27(37)39-2)32-26(36)22(14-19-12-20(29)15-21(30)13-19)31-25(35)10-9-18-6-3-4-7-18/h9-10,12-13,15,18,22-24H,3-8,11,14,16H2,1-2H3,(H,31,35)(H,32,36)/b10-9+/t22-,23-,24?/m0/s1. The van der Waals surface area contributed by atoms with E-state index >= 15 is 0 Å².